The molecule has 0 spiro atoms. The number of carbonyl (C=O) groups excluding carboxylic acids is 1. The van der Waals surface area contributed by atoms with E-state index in [1.165, 1.54) is 5.57 Å². The molecule has 0 amide bonds. The van der Waals surface area contributed by atoms with E-state index in [4.69, 9.17) is 9.16 Å². The van der Waals surface area contributed by atoms with E-state index >= 15 is 0 Å². The van der Waals surface area contributed by atoms with Crippen molar-refractivity contribution in [1.82, 2.24) is 0 Å². The van der Waals surface area contributed by atoms with Crippen LogP contribution in [0.2, 0.25) is 18.1 Å². The molecule has 1 aliphatic heterocycles. The first-order valence-corrected chi connectivity index (χ1v) is 14.7. The number of esters is 1. The number of hydrogen-bond donors (Lipinski definition) is 1. The monoisotopic (exact) mass is 434 g/mol. The quantitative estimate of drug-likeness (QED) is 0.450. The van der Waals surface area contributed by atoms with Crippen LogP contribution < -0.4 is 0 Å². The summed E-state index contributed by atoms with van der Waals surface area (Å²) in [5.74, 6) is 1.33. The number of fused-ring (bicyclic) bond motifs is 1. The molecule has 2 aliphatic carbocycles. The van der Waals surface area contributed by atoms with Crippen LogP contribution in [0, 0.1) is 23.7 Å². The third-order valence-electron chi connectivity index (χ3n) is 7.93. The summed E-state index contributed by atoms with van der Waals surface area (Å²) < 4.78 is 12.3. The summed E-state index contributed by atoms with van der Waals surface area (Å²) in [7, 11) is -1.91. The standard InChI is InChI=1S/C25H42O4Si/c1-16-12-18-9-8-17(2)21(24(18)22(26)13-16)11-10-19-14-20(15-23(27)28-19)29-30(6,7)25(3,4)5/h8-9,12,16-17,19-22,24,26H,10-11,13-15H2,1-7H3/t16-,17-,19-,20-,21-,22-,24-/m0/s1. The average molecular weight is 435 g/mol. The van der Waals surface area contributed by atoms with Gasteiger partial charge in [0.2, 0.25) is 0 Å². The third-order valence-corrected chi connectivity index (χ3v) is 12.5. The fourth-order valence-electron chi connectivity index (χ4n) is 5.21. The van der Waals surface area contributed by atoms with Crippen molar-refractivity contribution in [3.63, 3.8) is 0 Å². The smallest absolute Gasteiger partial charge is 0.308 e. The molecule has 0 unspecified atom stereocenters. The minimum atomic E-state index is -1.91. The zero-order chi connectivity index (χ0) is 22.3. The van der Waals surface area contributed by atoms with Crippen molar-refractivity contribution >= 4 is 14.3 Å². The van der Waals surface area contributed by atoms with Gasteiger partial charge in [-0.15, -0.1) is 0 Å². The number of aliphatic hydroxyl groups excluding tert-OH is 1. The van der Waals surface area contributed by atoms with Crippen molar-refractivity contribution in [2.24, 2.45) is 23.7 Å². The Bertz CT molecular complexity index is 690. The van der Waals surface area contributed by atoms with Crippen molar-refractivity contribution < 1.29 is 19.1 Å². The Hall–Kier alpha value is -0.913. The van der Waals surface area contributed by atoms with Crippen molar-refractivity contribution in [3.8, 4) is 0 Å². The lowest BCUT2D eigenvalue weighted by Gasteiger charge is -2.43. The second-order valence-corrected chi connectivity index (χ2v) is 16.2. The molecule has 7 atom stereocenters. The number of aliphatic hydroxyl groups is 1. The molecule has 1 N–H and O–H groups in total. The van der Waals surface area contributed by atoms with Gasteiger partial charge < -0.3 is 14.3 Å². The summed E-state index contributed by atoms with van der Waals surface area (Å²) in [4.78, 5) is 12.3. The van der Waals surface area contributed by atoms with E-state index in [0.717, 1.165) is 25.7 Å². The minimum absolute atomic E-state index is 0.0302. The van der Waals surface area contributed by atoms with Gasteiger partial charge in [0, 0.05) is 12.3 Å². The van der Waals surface area contributed by atoms with Gasteiger partial charge in [-0.05, 0) is 60.7 Å². The Morgan fingerprint density at radius 3 is 2.57 bits per heavy atom. The highest BCUT2D eigenvalue weighted by Gasteiger charge is 2.42. The first-order valence-electron chi connectivity index (χ1n) is 11.8. The van der Waals surface area contributed by atoms with Gasteiger partial charge in [0.15, 0.2) is 8.32 Å². The summed E-state index contributed by atoms with van der Waals surface area (Å²) in [6.07, 6.45) is 10.3. The molecular weight excluding hydrogens is 392 g/mol. The molecule has 1 fully saturated rings. The first-order chi connectivity index (χ1) is 13.9. The van der Waals surface area contributed by atoms with Gasteiger partial charge in [-0.2, -0.15) is 0 Å². The fourth-order valence-corrected chi connectivity index (χ4v) is 6.58. The molecule has 5 heteroatoms. The predicted molar refractivity (Wildman–Crippen MR) is 124 cm³/mol. The maximum Gasteiger partial charge on any atom is 0.308 e. The molecule has 30 heavy (non-hydrogen) atoms. The van der Waals surface area contributed by atoms with Crippen molar-refractivity contribution in [2.75, 3.05) is 0 Å². The molecule has 0 aromatic rings. The van der Waals surface area contributed by atoms with Gasteiger partial charge in [-0.3, -0.25) is 4.79 Å². The highest BCUT2D eigenvalue weighted by Crippen LogP contribution is 2.44. The topological polar surface area (TPSA) is 55.8 Å². The molecule has 1 heterocycles. The van der Waals surface area contributed by atoms with Gasteiger partial charge in [-0.1, -0.05) is 52.8 Å². The Morgan fingerprint density at radius 2 is 1.90 bits per heavy atom. The highest BCUT2D eigenvalue weighted by atomic mass is 28.4. The summed E-state index contributed by atoms with van der Waals surface area (Å²) in [6, 6.07) is 0. The van der Waals surface area contributed by atoms with Crippen molar-refractivity contribution in [1.29, 1.82) is 0 Å². The molecular formula is C25H42O4Si. The van der Waals surface area contributed by atoms with Crippen LogP contribution >= 0.6 is 0 Å². The lowest BCUT2D eigenvalue weighted by Crippen LogP contribution is -2.47. The van der Waals surface area contributed by atoms with Crippen LogP contribution in [0.15, 0.2) is 23.8 Å². The first kappa shape index (κ1) is 23.7. The molecule has 0 radical (unpaired) electrons. The predicted octanol–water partition coefficient (Wildman–Crippen LogP) is 5.63. The molecule has 0 aromatic heterocycles. The summed E-state index contributed by atoms with van der Waals surface area (Å²) in [5.41, 5.74) is 1.30. The largest absolute Gasteiger partial charge is 0.462 e. The zero-order valence-corrected chi connectivity index (χ0v) is 21.0. The van der Waals surface area contributed by atoms with Crippen LogP contribution in [-0.4, -0.2) is 37.7 Å². The molecule has 0 aromatic carbocycles. The molecule has 4 nitrogen and oxygen atoms in total. The van der Waals surface area contributed by atoms with Crippen LogP contribution in [0.1, 0.15) is 66.7 Å². The molecule has 170 valence electrons. The molecule has 3 rings (SSSR count). The second-order valence-electron chi connectivity index (χ2n) is 11.5. The van der Waals surface area contributed by atoms with Gasteiger partial charge in [-0.25, -0.2) is 0 Å². The maximum atomic E-state index is 12.3. The van der Waals surface area contributed by atoms with E-state index in [9.17, 15) is 9.90 Å². The fraction of sp³-hybridized carbons (Fsp3) is 0.800. The molecule has 1 saturated heterocycles. The number of carbonyl (C=O) groups is 1. The number of hydrogen-bond acceptors (Lipinski definition) is 4. The number of allylic oxidation sites excluding steroid dienone is 3. The van der Waals surface area contributed by atoms with Gasteiger partial charge in [0.05, 0.1) is 18.6 Å². The molecule has 3 aliphatic rings. The van der Waals surface area contributed by atoms with E-state index in [0.29, 0.717) is 24.2 Å². The van der Waals surface area contributed by atoms with Crippen LogP contribution in [0.25, 0.3) is 0 Å². The normalized spacial score (nSPS) is 37.4. The van der Waals surface area contributed by atoms with Crippen LogP contribution in [0.5, 0.6) is 0 Å². The number of rotatable bonds is 5. The van der Waals surface area contributed by atoms with Crippen molar-refractivity contribution in [2.45, 2.75) is 103 Å². The van der Waals surface area contributed by atoms with E-state index in [2.05, 4.69) is 65.9 Å². The number of ether oxygens (including phenoxy) is 1. The van der Waals surface area contributed by atoms with E-state index in [-0.39, 0.29) is 35.2 Å². The van der Waals surface area contributed by atoms with Gasteiger partial charge >= 0.3 is 5.97 Å². The highest BCUT2D eigenvalue weighted by molar-refractivity contribution is 6.74. The Labute approximate surface area is 184 Å². The average Bonchev–Trinajstić information content (AvgIpc) is 2.59. The van der Waals surface area contributed by atoms with Crippen molar-refractivity contribution in [3.05, 3.63) is 23.8 Å². The van der Waals surface area contributed by atoms with Gasteiger partial charge in [0.1, 0.15) is 6.10 Å². The van der Waals surface area contributed by atoms with Crippen LogP contribution in [-0.2, 0) is 14.0 Å². The zero-order valence-electron chi connectivity index (χ0n) is 20.0. The Kier molecular flexibility index (Phi) is 7.05. The summed E-state index contributed by atoms with van der Waals surface area (Å²) >= 11 is 0. The third kappa shape index (κ3) is 5.28. The van der Waals surface area contributed by atoms with E-state index in [1.807, 2.05) is 0 Å². The van der Waals surface area contributed by atoms with Gasteiger partial charge in [0.25, 0.3) is 0 Å². The van der Waals surface area contributed by atoms with Crippen LogP contribution in [0.4, 0.5) is 0 Å². The Morgan fingerprint density at radius 1 is 1.20 bits per heavy atom. The molecule has 0 bridgehead atoms. The SMILES string of the molecule is C[C@H]1C=C2C=C[C@H](C)[C@H](CC[C@H]3C[C@H](O[Si](C)(C)C(C)(C)C)CC(=O)O3)[C@H]2[C@@H](O)C1. The minimum Gasteiger partial charge on any atom is -0.462 e. The van der Waals surface area contributed by atoms with E-state index in [1.54, 1.807) is 0 Å². The summed E-state index contributed by atoms with van der Waals surface area (Å²) in [5, 5.41) is 10.9. The second kappa shape index (κ2) is 8.91. The van der Waals surface area contributed by atoms with Crippen LogP contribution in [0.3, 0.4) is 0 Å². The lowest BCUT2D eigenvalue weighted by molar-refractivity contribution is -0.160. The molecule has 0 saturated carbocycles. The number of cyclic esters (lactones) is 1. The maximum absolute atomic E-state index is 12.3. The summed E-state index contributed by atoms with van der Waals surface area (Å²) in [6.45, 7) is 15.6. The Balaban J connectivity index is 1.64. The lowest BCUT2D eigenvalue weighted by atomic mass is 9.65. The van der Waals surface area contributed by atoms with E-state index < -0.39 is 8.32 Å².